The van der Waals surface area contributed by atoms with Crippen LogP contribution >= 0.6 is 15.9 Å². The summed E-state index contributed by atoms with van der Waals surface area (Å²) < 4.78 is 39.9. The molecule has 1 aliphatic heterocycles. The fraction of sp³-hybridized carbons (Fsp3) is 0.391. The van der Waals surface area contributed by atoms with Gasteiger partial charge < -0.3 is 9.47 Å². The first-order chi connectivity index (χ1) is 15.8. The highest BCUT2D eigenvalue weighted by Gasteiger charge is 2.37. The van der Waals surface area contributed by atoms with Crippen LogP contribution in [0.4, 0.5) is 0 Å². The summed E-state index contributed by atoms with van der Waals surface area (Å²) in [5.74, 6) is 0.381. The molecular weight excluding hydrogens is 510 g/mol. The van der Waals surface area contributed by atoms with Crippen molar-refractivity contribution in [3.05, 3.63) is 58.2 Å². The molecule has 2 aromatic carbocycles. The second-order valence-electron chi connectivity index (χ2n) is 7.80. The van der Waals surface area contributed by atoms with Crippen molar-refractivity contribution in [2.75, 3.05) is 25.4 Å². The summed E-state index contributed by atoms with van der Waals surface area (Å²) in [6, 6.07) is 13.2. The van der Waals surface area contributed by atoms with Crippen LogP contribution in [0.2, 0.25) is 0 Å². The minimum atomic E-state index is -3.22. The molecule has 0 unspecified atom stereocenters. The van der Waals surface area contributed by atoms with Gasteiger partial charge in [0.15, 0.2) is 0 Å². The van der Waals surface area contributed by atoms with Crippen LogP contribution in [0.1, 0.15) is 31.1 Å². The van der Waals surface area contributed by atoms with Gasteiger partial charge in [-0.05, 0) is 38.1 Å². The van der Waals surface area contributed by atoms with Crippen LogP contribution in [0.25, 0.3) is 10.9 Å². The normalized spacial score (nSPS) is 14.9. The van der Waals surface area contributed by atoms with Crippen molar-refractivity contribution < 1.29 is 22.7 Å². The number of para-hydroxylation sites is 1. The Labute approximate surface area is 201 Å². The summed E-state index contributed by atoms with van der Waals surface area (Å²) in [6.07, 6.45) is 0.127. The number of halogens is 1. The van der Waals surface area contributed by atoms with Gasteiger partial charge in [0.05, 0.1) is 36.0 Å². The van der Waals surface area contributed by atoms with Crippen molar-refractivity contribution in [1.29, 1.82) is 0 Å². The number of rotatable bonds is 9. The lowest BCUT2D eigenvalue weighted by Gasteiger charge is -2.38. The molecule has 0 N–H and O–H groups in total. The Morgan fingerprint density at radius 1 is 1.18 bits per heavy atom. The second-order valence-corrected chi connectivity index (χ2v) is 11.0. The number of esters is 1. The Kier molecular flexibility index (Phi) is 7.06. The summed E-state index contributed by atoms with van der Waals surface area (Å²) in [5.41, 5.74) is 2.42. The SMILES string of the molecule is CCOC(=O)Cc1ccccc1OCc1c2cc(Br)ccc2nn1C1CN(S(=O)(=O)CC)C1. The number of hydrogen-bond acceptors (Lipinski definition) is 6. The molecule has 3 aromatic rings. The molecule has 33 heavy (non-hydrogen) atoms. The molecule has 10 heteroatoms. The number of carbonyl (C=O) groups is 1. The quantitative estimate of drug-likeness (QED) is 0.388. The van der Waals surface area contributed by atoms with Gasteiger partial charge in [-0.3, -0.25) is 9.48 Å². The lowest BCUT2D eigenvalue weighted by molar-refractivity contribution is -0.142. The molecule has 0 aliphatic carbocycles. The molecule has 8 nitrogen and oxygen atoms in total. The molecule has 2 heterocycles. The van der Waals surface area contributed by atoms with Crippen LogP contribution in [0, 0.1) is 0 Å². The lowest BCUT2D eigenvalue weighted by Crippen LogP contribution is -2.51. The van der Waals surface area contributed by atoms with Crippen LogP contribution in [-0.4, -0.2) is 53.9 Å². The fourth-order valence-electron chi connectivity index (χ4n) is 3.86. The molecule has 0 atom stereocenters. The van der Waals surface area contributed by atoms with Gasteiger partial charge in [0.25, 0.3) is 0 Å². The first-order valence-corrected chi connectivity index (χ1v) is 13.2. The molecule has 1 aromatic heterocycles. The molecule has 0 amide bonds. The number of carbonyl (C=O) groups excluding carboxylic acids is 1. The summed E-state index contributed by atoms with van der Waals surface area (Å²) in [4.78, 5) is 12.0. The summed E-state index contributed by atoms with van der Waals surface area (Å²) in [6.45, 7) is 4.75. The first-order valence-electron chi connectivity index (χ1n) is 10.8. The van der Waals surface area contributed by atoms with E-state index in [0.717, 1.165) is 26.6 Å². The second kappa shape index (κ2) is 9.82. The summed E-state index contributed by atoms with van der Waals surface area (Å²) in [5, 5.41) is 5.68. The van der Waals surface area contributed by atoms with Crippen LogP contribution in [-0.2, 0) is 32.6 Å². The van der Waals surface area contributed by atoms with E-state index in [0.29, 0.717) is 25.4 Å². The van der Waals surface area contributed by atoms with E-state index >= 15 is 0 Å². The highest BCUT2D eigenvalue weighted by atomic mass is 79.9. The predicted octanol–water partition coefficient (Wildman–Crippen LogP) is 3.69. The molecule has 0 bridgehead atoms. The number of sulfonamides is 1. The lowest BCUT2D eigenvalue weighted by atomic mass is 10.1. The molecule has 0 saturated carbocycles. The van der Waals surface area contributed by atoms with Crippen LogP contribution < -0.4 is 4.74 Å². The molecule has 1 saturated heterocycles. The molecule has 176 valence electrons. The van der Waals surface area contributed by atoms with E-state index in [1.165, 1.54) is 4.31 Å². The number of benzene rings is 2. The Morgan fingerprint density at radius 2 is 1.94 bits per heavy atom. The van der Waals surface area contributed by atoms with E-state index in [-0.39, 0.29) is 30.8 Å². The third kappa shape index (κ3) is 5.07. The Balaban J connectivity index is 1.60. The molecule has 1 aliphatic rings. The molecule has 1 fully saturated rings. The average Bonchev–Trinajstić information content (AvgIpc) is 3.09. The topological polar surface area (TPSA) is 90.7 Å². The van der Waals surface area contributed by atoms with Gasteiger partial charge in [0.2, 0.25) is 10.0 Å². The van der Waals surface area contributed by atoms with Crippen molar-refractivity contribution in [2.45, 2.75) is 32.9 Å². The van der Waals surface area contributed by atoms with Gasteiger partial charge in [0, 0.05) is 28.5 Å². The Hall–Kier alpha value is -2.43. The van der Waals surface area contributed by atoms with Crippen LogP contribution in [0.5, 0.6) is 5.75 Å². The standard InChI is InChI=1S/C23H26BrN3O5S/c1-3-31-23(28)11-16-7-5-6-8-22(16)32-15-21-19-12-17(24)9-10-20(19)25-27(21)18-13-26(14-18)33(29,30)4-2/h5-10,12,18H,3-4,11,13-15H2,1-2H3. The fourth-order valence-corrected chi connectivity index (χ4v) is 5.38. The van der Waals surface area contributed by atoms with E-state index in [1.54, 1.807) is 13.8 Å². The van der Waals surface area contributed by atoms with E-state index < -0.39 is 10.0 Å². The molecule has 4 rings (SSSR count). The Bertz CT molecular complexity index is 1270. The van der Waals surface area contributed by atoms with E-state index in [9.17, 15) is 13.2 Å². The average molecular weight is 536 g/mol. The zero-order chi connectivity index (χ0) is 23.6. The Morgan fingerprint density at radius 3 is 2.67 bits per heavy atom. The van der Waals surface area contributed by atoms with Crippen LogP contribution in [0.15, 0.2) is 46.9 Å². The van der Waals surface area contributed by atoms with Gasteiger partial charge >= 0.3 is 5.97 Å². The maximum atomic E-state index is 12.2. The number of fused-ring (bicyclic) bond motifs is 1. The minimum absolute atomic E-state index is 0.0640. The number of aromatic nitrogens is 2. The van der Waals surface area contributed by atoms with Crippen molar-refractivity contribution in [3.8, 4) is 5.75 Å². The minimum Gasteiger partial charge on any atom is -0.487 e. The molecule has 0 radical (unpaired) electrons. The van der Waals surface area contributed by atoms with Crippen molar-refractivity contribution in [3.63, 3.8) is 0 Å². The smallest absolute Gasteiger partial charge is 0.310 e. The number of ether oxygens (including phenoxy) is 2. The summed E-state index contributed by atoms with van der Waals surface area (Å²) >= 11 is 3.52. The van der Waals surface area contributed by atoms with Gasteiger partial charge in [0.1, 0.15) is 12.4 Å². The van der Waals surface area contributed by atoms with Crippen molar-refractivity contribution in [1.82, 2.24) is 14.1 Å². The monoisotopic (exact) mass is 535 g/mol. The van der Waals surface area contributed by atoms with Gasteiger partial charge in [-0.2, -0.15) is 9.40 Å². The van der Waals surface area contributed by atoms with E-state index in [4.69, 9.17) is 14.6 Å². The largest absolute Gasteiger partial charge is 0.487 e. The summed E-state index contributed by atoms with van der Waals surface area (Å²) in [7, 11) is -3.22. The highest BCUT2D eigenvalue weighted by Crippen LogP contribution is 2.31. The van der Waals surface area contributed by atoms with Crippen molar-refractivity contribution in [2.24, 2.45) is 0 Å². The van der Waals surface area contributed by atoms with Gasteiger partial charge in [-0.15, -0.1) is 0 Å². The zero-order valence-corrected chi connectivity index (χ0v) is 20.9. The maximum Gasteiger partial charge on any atom is 0.310 e. The third-order valence-electron chi connectivity index (χ3n) is 5.67. The third-order valence-corrected chi connectivity index (χ3v) is 7.98. The van der Waals surface area contributed by atoms with Crippen LogP contribution in [0.3, 0.4) is 0 Å². The van der Waals surface area contributed by atoms with E-state index in [1.807, 2.05) is 47.1 Å². The first kappa shape index (κ1) is 23.7. The number of hydrogen-bond donors (Lipinski definition) is 0. The van der Waals surface area contributed by atoms with E-state index in [2.05, 4.69) is 15.9 Å². The molecular formula is C23H26BrN3O5S. The van der Waals surface area contributed by atoms with Gasteiger partial charge in [-0.25, -0.2) is 8.42 Å². The number of nitrogens with zero attached hydrogens (tertiary/aromatic N) is 3. The maximum absolute atomic E-state index is 12.2. The highest BCUT2D eigenvalue weighted by molar-refractivity contribution is 9.10. The molecule has 0 spiro atoms. The van der Waals surface area contributed by atoms with Gasteiger partial charge in [-0.1, -0.05) is 34.1 Å². The van der Waals surface area contributed by atoms with Crippen molar-refractivity contribution >= 4 is 42.8 Å². The zero-order valence-electron chi connectivity index (χ0n) is 18.5. The predicted molar refractivity (Wildman–Crippen MR) is 129 cm³/mol.